The molecule has 0 spiro atoms. The Morgan fingerprint density at radius 3 is 3.10 bits per heavy atom. The third-order valence-electron chi connectivity index (χ3n) is 2.92. The molecule has 0 aliphatic carbocycles. The summed E-state index contributed by atoms with van der Waals surface area (Å²) in [6, 6.07) is 7.98. The lowest BCUT2D eigenvalue weighted by molar-refractivity contribution is -0.121. The molecule has 1 unspecified atom stereocenters. The van der Waals surface area contributed by atoms with E-state index >= 15 is 0 Å². The molecular formula is C14H20BrClN2O2S. The van der Waals surface area contributed by atoms with Crippen molar-refractivity contribution < 1.29 is 9.53 Å². The SMILES string of the molecule is Cl.O=C(CC1CSCCN1)NCCOc1cccc(Br)c1. The van der Waals surface area contributed by atoms with Gasteiger partial charge in [-0.05, 0) is 18.2 Å². The maximum absolute atomic E-state index is 11.8. The van der Waals surface area contributed by atoms with Crippen LogP contribution in [0.3, 0.4) is 0 Å². The van der Waals surface area contributed by atoms with Crippen LogP contribution in [0.4, 0.5) is 0 Å². The lowest BCUT2D eigenvalue weighted by atomic mass is 10.2. The van der Waals surface area contributed by atoms with Crippen LogP contribution >= 0.6 is 40.1 Å². The van der Waals surface area contributed by atoms with Gasteiger partial charge < -0.3 is 15.4 Å². The number of rotatable bonds is 6. The molecule has 1 aliphatic heterocycles. The number of hydrogen-bond donors (Lipinski definition) is 2. The third kappa shape index (κ3) is 7.40. The minimum atomic E-state index is 0. The van der Waals surface area contributed by atoms with Crippen LogP contribution in [0.25, 0.3) is 0 Å². The minimum absolute atomic E-state index is 0. The van der Waals surface area contributed by atoms with Crippen LogP contribution < -0.4 is 15.4 Å². The van der Waals surface area contributed by atoms with E-state index in [-0.39, 0.29) is 18.3 Å². The van der Waals surface area contributed by atoms with E-state index in [1.165, 1.54) is 0 Å². The van der Waals surface area contributed by atoms with Crippen LogP contribution in [0.1, 0.15) is 6.42 Å². The van der Waals surface area contributed by atoms with Gasteiger partial charge in [-0.25, -0.2) is 0 Å². The molecule has 4 nitrogen and oxygen atoms in total. The molecule has 21 heavy (non-hydrogen) atoms. The Balaban J connectivity index is 0.00000220. The van der Waals surface area contributed by atoms with Crippen molar-refractivity contribution >= 4 is 46.0 Å². The Kier molecular flexibility index (Phi) is 9.15. The number of nitrogens with one attached hydrogen (secondary N) is 2. The van der Waals surface area contributed by atoms with Gasteiger partial charge in [-0.15, -0.1) is 12.4 Å². The minimum Gasteiger partial charge on any atom is -0.492 e. The molecule has 1 atom stereocenters. The maximum Gasteiger partial charge on any atom is 0.221 e. The summed E-state index contributed by atoms with van der Waals surface area (Å²) in [5.41, 5.74) is 0. The van der Waals surface area contributed by atoms with Gasteiger partial charge in [0, 0.05) is 35.0 Å². The second-order valence-corrected chi connectivity index (χ2v) is 6.65. The standard InChI is InChI=1S/C14H19BrN2O2S.ClH/c15-11-2-1-3-13(8-11)19-6-4-17-14(18)9-12-10-20-7-5-16-12;/h1-3,8,12,16H,4-7,9-10H2,(H,17,18);1H. The molecule has 1 saturated heterocycles. The molecule has 2 rings (SSSR count). The smallest absolute Gasteiger partial charge is 0.221 e. The summed E-state index contributed by atoms with van der Waals surface area (Å²) in [5, 5.41) is 6.24. The van der Waals surface area contributed by atoms with Gasteiger partial charge in [0.15, 0.2) is 0 Å². The highest BCUT2D eigenvalue weighted by atomic mass is 79.9. The summed E-state index contributed by atoms with van der Waals surface area (Å²) >= 11 is 5.29. The molecule has 1 aliphatic rings. The van der Waals surface area contributed by atoms with Gasteiger partial charge in [0.25, 0.3) is 0 Å². The first-order valence-corrected chi connectivity index (χ1v) is 8.65. The fraction of sp³-hybridized carbons (Fsp3) is 0.500. The monoisotopic (exact) mass is 394 g/mol. The fourth-order valence-corrected chi connectivity index (χ4v) is 3.29. The highest BCUT2D eigenvalue weighted by molar-refractivity contribution is 9.10. The van der Waals surface area contributed by atoms with E-state index in [4.69, 9.17) is 4.74 Å². The Morgan fingerprint density at radius 2 is 2.38 bits per heavy atom. The van der Waals surface area contributed by atoms with Crippen LogP contribution in [0.5, 0.6) is 5.75 Å². The Morgan fingerprint density at radius 1 is 1.52 bits per heavy atom. The first-order chi connectivity index (χ1) is 9.74. The average molecular weight is 396 g/mol. The van der Waals surface area contributed by atoms with Crippen molar-refractivity contribution in [3.8, 4) is 5.75 Å². The molecule has 1 aromatic carbocycles. The quantitative estimate of drug-likeness (QED) is 0.727. The number of carbonyl (C=O) groups is 1. The van der Waals surface area contributed by atoms with E-state index in [1.54, 1.807) is 0 Å². The zero-order valence-corrected chi connectivity index (χ0v) is 14.9. The number of thioether (sulfide) groups is 1. The third-order valence-corrected chi connectivity index (χ3v) is 4.54. The summed E-state index contributed by atoms with van der Waals surface area (Å²) in [4.78, 5) is 11.8. The second-order valence-electron chi connectivity index (χ2n) is 4.59. The summed E-state index contributed by atoms with van der Waals surface area (Å²) < 4.78 is 6.55. The molecule has 0 saturated carbocycles. The molecular weight excluding hydrogens is 376 g/mol. The number of ether oxygens (including phenoxy) is 1. The average Bonchev–Trinajstić information content (AvgIpc) is 2.45. The van der Waals surface area contributed by atoms with Crippen molar-refractivity contribution in [2.75, 3.05) is 31.2 Å². The highest BCUT2D eigenvalue weighted by Crippen LogP contribution is 2.17. The van der Waals surface area contributed by atoms with E-state index < -0.39 is 0 Å². The first-order valence-electron chi connectivity index (χ1n) is 6.70. The summed E-state index contributed by atoms with van der Waals surface area (Å²) in [6.07, 6.45) is 0.546. The van der Waals surface area contributed by atoms with Gasteiger partial charge in [0.1, 0.15) is 12.4 Å². The van der Waals surface area contributed by atoms with Gasteiger partial charge in [0.05, 0.1) is 6.54 Å². The summed E-state index contributed by atoms with van der Waals surface area (Å²) in [5.74, 6) is 3.04. The Labute approximate surface area is 144 Å². The zero-order chi connectivity index (χ0) is 14.2. The van der Waals surface area contributed by atoms with Gasteiger partial charge in [-0.2, -0.15) is 11.8 Å². The molecule has 1 fully saturated rings. The molecule has 0 aromatic heterocycles. The number of carbonyl (C=O) groups excluding carboxylic acids is 1. The van der Waals surface area contributed by atoms with Crippen LogP contribution in [-0.4, -0.2) is 43.2 Å². The first kappa shape index (κ1) is 18.6. The molecule has 1 aromatic rings. The number of halogens is 2. The fourth-order valence-electron chi connectivity index (χ4n) is 1.96. The predicted molar refractivity (Wildman–Crippen MR) is 93.6 cm³/mol. The van der Waals surface area contributed by atoms with Gasteiger partial charge in [-0.3, -0.25) is 4.79 Å². The zero-order valence-electron chi connectivity index (χ0n) is 11.6. The van der Waals surface area contributed by atoms with E-state index in [1.807, 2.05) is 36.0 Å². The number of hydrogen-bond acceptors (Lipinski definition) is 4. The maximum atomic E-state index is 11.8. The van der Waals surface area contributed by atoms with Crippen LogP contribution in [0.2, 0.25) is 0 Å². The Bertz CT molecular complexity index is 445. The van der Waals surface area contributed by atoms with Crippen molar-refractivity contribution in [2.45, 2.75) is 12.5 Å². The van der Waals surface area contributed by atoms with Crippen molar-refractivity contribution in [2.24, 2.45) is 0 Å². The second kappa shape index (κ2) is 10.3. The van der Waals surface area contributed by atoms with E-state index in [0.29, 0.717) is 25.6 Å². The molecule has 118 valence electrons. The molecule has 1 amide bonds. The molecule has 7 heteroatoms. The van der Waals surface area contributed by atoms with Gasteiger partial charge >= 0.3 is 0 Å². The van der Waals surface area contributed by atoms with E-state index in [9.17, 15) is 4.79 Å². The molecule has 2 N–H and O–H groups in total. The van der Waals surface area contributed by atoms with E-state index in [0.717, 1.165) is 28.3 Å². The molecule has 0 bridgehead atoms. The van der Waals surface area contributed by atoms with Gasteiger partial charge in [-0.1, -0.05) is 22.0 Å². The topological polar surface area (TPSA) is 50.4 Å². The van der Waals surface area contributed by atoms with Gasteiger partial charge in [0.2, 0.25) is 5.91 Å². The predicted octanol–water partition coefficient (Wildman–Crippen LogP) is 2.46. The van der Waals surface area contributed by atoms with Crippen molar-refractivity contribution in [1.29, 1.82) is 0 Å². The molecule has 1 heterocycles. The molecule has 0 radical (unpaired) electrons. The lowest BCUT2D eigenvalue weighted by Gasteiger charge is -2.22. The lowest BCUT2D eigenvalue weighted by Crippen LogP contribution is -2.41. The Hall–Kier alpha value is -0.430. The highest BCUT2D eigenvalue weighted by Gasteiger charge is 2.16. The normalized spacial score (nSPS) is 17.7. The summed E-state index contributed by atoms with van der Waals surface area (Å²) in [7, 11) is 0. The van der Waals surface area contributed by atoms with Crippen LogP contribution in [0, 0.1) is 0 Å². The largest absolute Gasteiger partial charge is 0.492 e. The number of benzene rings is 1. The van der Waals surface area contributed by atoms with E-state index in [2.05, 4.69) is 26.6 Å². The summed E-state index contributed by atoms with van der Waals surface area (Å²) in [6.45, 7) is 2.01. The van der Waals surface area contributed by atoms with Crippen molar-refractivity contribution in [3.05, 3.63) is 28.7 Å². The van der Waals surface area contributed by atoms with Crippen molar-refractivity contribution in [1.82, 2.24) is 10.6 Å². The van der Waals surface area contributed by atoms with Crippen LogP contribution in [-0.2, 0) is 4.79 Å². The number of amides is 1. The van der Waals surface area contributed by atoms with Crippen LogP contribution in [0.15, 0.2) is 28.7 Å². The van der Waals surface area contributed by atoms with Crippen molar-refractivity contribution in [3.63, 3.8) is 0 Å².